The van der Waals surface area contributed by atoms with Crippen LogP contribution >= 0.6 is 0 Å². The molecular weight excluding hydrogens is 691 g/mol. The van der Waals surface area contributed by atoms with Gasteiger partial charge in [0.15, 0.2) is 0 Å². The van der Waals surface area contributed by atoms with Crippen LogP contribution in [-0.4, -0.2) is 48.0 Å². The zero-order valence-corrected chi connectivity index (χ0v) is 34.8. The van der Waals surface area contributed by atoms with Crippen molar-refractivity contribution in [3.05, 3.63) is 41.5 Å². The van der Waals surface area contributed by atoms with Crippen LogP contribution in [0, 0.1) is 46.3 Å². The molecule has 306 valence electrons. The van der Waals surface area contributed by atoms with Gasteiger partial charge < -0.3 is 19.9 Å². The summed E-state index contributed by atoms with van der Waals surface area (Å²) >= 11 is 0. The van der Waals surface area contributed by atoms with Crippen molar-refractivity contribution in [3.8, 4) is 5.75 Å². The first-order valence-corrected chi connectivity index (χ1v) is 21.7. The Balaban J connectivity index is 0.968. The number of amides is 2. The molecule has 55 heavy (non-hydrogen) atoms. The number of ether oxygens (including phenoxy) is 2. The van der Waals surface area contributed by atoms with Gasteiger partial charge in [0, 0.05) is 25.8 Å². The van der Waals surface area contributed by atoms with E-state index >= 15 is 0 Å². The molecule has 4 aliphatic rings. The molecule has 3 unspecified atom stereocenters. The van der Waals surface area contributed by atoms with Crippen molar-refractivity contribution in [1.29, 1.82) is 0 Å². The molecule has 8 atom stereocenters. The highest BCUT2D eigenvalue weighted by Crippen LogP contribution is 2.67. The lowest BCUT2D eigenvalue weighted by Gasteiger charge is -2.58. The number of nitrogens with one attached hydrogen (secondary N) is 2. The summed E-state index contributed by atoms with van der Waals surface area (Å²) in [5.74, 6) is 4.62. The molecule has 4 aliphatic carbocycles. The normalized spacial score (nSPS) is 29.3. The van der Waals surface area contributed by atoms with Crippen LogP contribution in [-0.2, 0) is 14.3 Å². The highest BCUT2D eigenvalue weighted by atomic mass is 16.6. The average Bonchev–Trinajstić information content (AvgIpc) is 3.51. The number of aliphatic carboxylic acids is 1. The summed E-state index contributed by atoms with van der Waals surface area (Å²) < 4.78 is 11.5. The number of carbonyl (C=O) groups is 3. The minimum Gasteiger partial charge on any atom is -0.494 e. The van der Waals surface area contributed by atoms with Gasteiger partial charge in [0.1, 0.15) is 11.9 Å². The molecule has 0 aromatic heterocycles. The molecule has 1 aromatic rings. The molecule has 0 heterocycles. The molecule has 9 heteroatoms. The Kier molecular flexibility index (Phi) is 15.3. The fourth-order valence-corrected chi connectivity index (χ4v) is 11.2. The Morgan fingerprint density at radius 1 is 0.909 bits per heavy atom. The number of carbonyl (C=O) groups excluding carboxylic acids is 2. The zero-order chi connectivity index (χ0) is 39.6. The van der Waals surface area contributed by atoms with Crippen molar-refractivity contribution in [2.75, 3.05) is 13.2 Å². The predicted octanol–water partition coefficient (Wildman–Crippen LogP) is 10.5. The molecule has 0 saturated heterocycles. The van der Waals surface area contributed by atoms with Gasteiger partial charge in [0.05, 0.1) is 12.3 Å². The Bertz CT molecular complexity index is 1500. The minimum atomic E-state index is -0.834. The highest BCUT2D eigenvalue weighted by Gasteiger charge is 2.59. The Morgan fingerprint density at radius 3 is 2.44 bits per heavy atom. The lowest BCUT2D eigenvalue weighted by atomic mass is 9.47. The maximum absolute atomic E-state index is 12.8. The van der Waals surface area contributed by atoms with Crippen molar-refractivity contribution < 1.29 is 29.0 Å². The summed E-state index contributed by atoms with van der Waals surface area (Å²) in [5.41, 5.74) is 6.45. The second-order valence-corrected chi connectivity index (χ2v) is 18.4. The fraction of sp³-hybridized carbons (Fsp3) is 0.739. The zero-order valence-electron chi connectivity index (χ0n) is 34.8. The molecule has 1 aromatic carbocycles. The van der Waals surface area contributed by atoms with Crippen LogP contribution in [0.15, 0.2) is 41.0 Å². The number of hydrogen-bond acceptors (Lipinski definition) is 6. The quantitative estimate of drug-likeness (QED) is 0.0558. The summed E-state index contributed by atoms with van der Waals surface area (Å²) in [5, 5.41) is 15.9. The maximum atomic E-state index is 12.8. The third kappa shape index (κ3) is 11.2. The van der Waals surface area contributed by atoms with E-state index in [1.807, 2.05) is 19.1 Å². The second kappa shape index (κ2) is 19.7. The molecular formula is C46H71N3O6. The molecule has 0 radical (unpaired) electrons. The van der Waals surface area contributed by atoms with E-state index in [9.17, 15) is 14.4 Å². The van der Waals surface area contributed by atoms with Gasteiger partial charge in [-0.3, -0.25) is 9.59 Å². The number of carboxylic acids is 1. The number of allylic oxidation sites excluding steroid dienone is 1. The van der Waals surface area contributed by atoms with Gasteiger partial charge in [-0.15, -0.1) is 0 Å². The first-order chi connectivity index (χ1) is 26.3. The number of nitrogens with zero attached hydrogens (tertiary/aromatic N) is 1. The van der Waals surface area contributed by atoms with Gasteiger partial charge in [-0.05, 0) is 147 Å². The number of unbranched alkanes of at least 4 members (excludes halogenated alkanes) is 2. The van der Waals surface area contributed by atoms with E-state index in [1.54, 1.807) is 17.7 Å². The van der Waals surface area contributed by atoms with E-state index in [0.29, 0.717) is 49.3 Å². The lowest BCUT2D eigenvalue weighted by molar-refractivity contribution is -0.137. The SMILES string of the molecule is CC(=NNC(=O)CCCCCNC(=O)O[C@H]1CC[C@@]2(C)C(=CCC3C2CC[C@@]2(C)C3CC[C@@H]2[C@H](C)CCCC(C)C)C1)c1ccc(OCCCC(=O)O)cc1. The number of carboxylic acid groups (broad SMARTS) is 1. The van der Waals surface area contributed by atoms with Gasteiger partial charge in [-0.1, -0.05) is 72.0 Å². The Labute approximate surface area is 331 Å². The highest BCUT2D eigenvalue weighted by molar-refractivity contribution is 5.99. The molecule has 3 saturated carbocycles. The van der Waals surface area contributed by atoms with Crippen LogP contribution in [0.4, 0.5) is 4.79 Å². The molecule has 3 N–H and O–H groups in total. The van der Waals surface area contributed by atoms with E-state index < -0.39 is 5.97 Å². The van der Waals surface area contributed by atoms with Crippen LogP contribution in [0.25, 0.3) is 0 Å². The summed E-state index contributed by atoms with van der Waals surface area (Å²) in [7, 11) is 0. The van der Waals surface area contributed by atoms with E-state index in [-0.39, 0.29) is 29.9 Å². The van der Waals surface area contributed by atoms with Gasteiger partial charge in [0.25, 0.3) is 0 Å². The van der Waals surface area contributed by atoms with Crippen LogP contribution < -0.4 is 15.5 Å². The van der Waals surface area contributed by atoms with Crippen LogP contribution in [0.5, 0.6) is 5.75 Å². The topological polar surface area (TPSA) is 126 Å². The summed E-state index contributed by atoms with van der Waals surface area (Å²) in [6.07, 6.45) is 19.2. The third-order valence-corrected chi connectivity index (χ3v) is 14.3. The van der Waals surface area contributed by atoms with Crippen molar-refractivity contribution >= 4 is 23.7 Å². The van der Waals surface area contributed by atoms with E-state index in [0.717, 1.165) is 73.2 Å². The van der Waals surface area contributed by atoms with Gasteiger partial charge in [0.2, 0.25) is 5.91 Å². The summed E-state index contributed by atoms with van der Waals surface area (Å²) in [6.45, 7) is 15.2. The molecule has 3 fully saturated rings. The average molecular weight is 762 g/mol. The van der Waals surface area contributed by atoms with Crippen molar-refractivity contribution in [1.82, 2.24) is 10.7 Å². The van der Waals surface area contributed by atoms with Crippen LogP contribution in [0.3, 0.4) is 0 Å². The fourth-order valence-electron chi connectivity index (χ4n) is 11.2. The third-order valence-electron chi connectivity index (χ3n) is 14.3. The van der Waals surface area contributed by atoms with E-state index in [4.69, 9.17) is 14.6 Å². The summed E-state index contributed by atoms with van der Waals surface area (Å²) in [4.78, 5) is 35.8. The predicted molar refractivity (Wildman–Crippen MR) is 219 cm³/mol. The second-order valence-electron chi connectivity index (χ2n) is 18.4. The van der Waals surface area contributed by atoms with E-state index in [1.165, 1.54) is 51.4 Å². The first-order valence-electron chi connectivity index (χ1n) is 21.7. The number of alkyl carbamates (subject to hydrolysis) is 1. The van der Waals surface area contributed by atoms with Gasteiger partial charge in [-0.2, -0.15) is 5.10 Å². The van der Waals surface area contributed by atoms with Crippen LogP contribution in [0.2, 0.25) is 0 Å². The molecule has 0 spiro atoms. The number of benzene rings is 1. The van der Waals surface area contributed by atoms with Crippen molar-refractivity contribution in [2.45, 2.75) is 157 Å². The standard InChI is InChI=1S/C46H71N3O6/c1-31(2)12-10-13-32(3)39-22-23-40-38-21-18-35-30-37(24-26-45(35,5)41(38)25-27-46(39,40)6)55-44(53)47-28-9-7-8-14-42(50)49-48-33(4)34-16-19-36(20-17-34)54-29-11-15-43(51)52/h16-20,31-32,37-41H,7-15,21-30H2,1-6H3,(H,47,53)(H,49,50)(H,51,52)/t32-,37+,38?,39-,40?,41?,45+,46-/m1/s1. The van der Waals surface area contributed by atoms with E-state index in [2.05, 4.69) is 56.5 Å². The summed E-state index contributed by atoms with van der Waals surface area (Å²) in [6, 6.07) is 7.32. The first kappa shape index (κ1) is 42.8. The van der Waals surface area contributed by atoms with Crippen molar-refractivity contribution in [3.63, 3.8) is 0 Å². The smallest absolute Gasteiger partial charge is 0.407 e. The monoisotopic (exact) mass is 762 g/mol. The molecule has 9 nitrogen and oxygen atoms in total. The minimum absolute atomic E-state index is 0.0540. The number of hydrazone groups is 1. The number of hydrogen-bond donors (Lipinski definition) is 3. The lowest BCUT2D eigenvalue weighted by Crippen LogP contribution is -2.51. The molecule has 0 bridgehead atoms. The largest absolute Gasteiger partial charge is 0.494 e. The maximum Gasteiger partial charge on any atom is 0.407 e. The molecule has 5 rings (SSSR count). The molecule has 0 aliphatic heterocycles. The molecule has 2 amide bonds. The number of fused-ring (bicyclic) bond motifs is 5. The Hall–Kier alpha value is -3.36. The van der Waals surface area contributed by atoms with Crippen LogP contribution in [0.1, 0.15) is 156 Å². The van der Waals surface area contributed by atoms with Gasteiger partial charge >= 0.3 is 12.1 Å². The number of rotatable bonds is 19. The van der Waals surface area contributed by atoms with Gasteiger partial charge in [-0.25, -0.2) is 10.2 Å². The van der Waals surface area contributed by atoms with Crippen molar-refractivity contribution in [2.24, 2.45) is 51.4 Å². The Morgan fingerprint density at radius 2 is 1.69 bits per heavy atom.